The van der Waals surface area contributed by atoms with Gasteiger partial charge in [0.05, 0.1) is 18.1 Å². The molecule has 1 atom stereocenters. The summed E-state index contributed by atoms with van der Waals surface area (Å²) in [5, 5.41) is 2.32. The fourth-order valence-electron chi connectivity index (χ4n) is 4.41. The molecule has 5 nitrogen and oxygen atoms in total. The summed E-state index contributed by atoms with van der Waals surface area (Å²) in [5.74, 6) is 0.428. The van der Waals surface area contributed by atoms with Crippen LogP contribution in [0.1, 0.15) is 34.2 Å². The summed E-state index contributed by atoms with van der Waals surface area (Å²) in [6.45, 7) is 4.13. The number of fused-ring (bicyclic) bond motifs is 1. The molecule has 0 bridgehead atoms. The van der Waals surface area contributed by atoms with Gasteiger partial charge in [0.25, 0.3) is 0 Å². The first-order valence-electron chi connectivity index (χ1n) is 9.87. The summed E-state index contributed by atoms with van der Waals surface area (Å²) in [7, 11) is -1.05. The maximum Gasteiger partial charge on any atom is 0.183 e. The van der Waals surface area contributed by atoms with Gasteiger partial charge in [0.15, 0.2) is 15.6 Å². The molecule has 0 aliphatic carbocycles. The van der Waals surface area contributed by atoms with Gasteiger partial charge in [-0.3, -0.25) is 4.79 Å². The molecule has 1 saturated heterocycles. The van der Waals surface area contributed by atoms with Crippen LogP contribution in [0.15, 0.2) is 48.5 Å². The number of aryl methyl sites for hydroxylation is 1. The van der Waals surface area contributed by atoms with E-state index in [-0.39, 0.29) is 29.9 Å². The van der Waals surface area contributed by atoms with Crippen LogP contribution in [0.25, 0.3) is 10.8 Å². The molecule has 3 aromatic rings. The minimum atomic E-state index is -2.98. The Morgan fingerprint density at radius 1 is 1.10 bits per heavy atom. The third-order valence-electron chi connectivity index (χ3n) is 5.91. The average Bonchev–Trinajstić information content (AvgIpc) is 3.19. The van der Waals surface area contributed by atoms with Crippen LogP contribution >= 0.6 is 0 Å². The van der Waals surface area contributed by atoms with Gasteiger partial charge >= 0.3 is 0 Å². The summed E-state index contributed by atoms with van der Waals surface area (Å²) < 4.78 is 25.8. The van der Waals surface area contributed by atoms with Gasteiger partial charge in [0.2, 0.25) is 0 Å². The van der Waals surface area contributed by atoms with E-state index in [1.54, 1.807) is 0 Å². The number of anilines is 1. The summed E-state index contributed by atoms with van der Waals surface area (Å²) in [4.78, 5) is 15.0. The van der Waals surface area contributed by atoms with E-state index in [0.717, 1.165) is 22.5 Å². The smallest absolute Gasteiger partial charge is 0.183 e. The SMILES string of the molecule is Cc1cc(C(=O)CN(C)c2ccc3ccccc3c2)c(C)n1C1CCS(=O)(=O)C1. The zero-order valence-corrected chi connectivity index (χ0v) is 17.9. The highest BCUT2D eigenvalue weighted by molar-refractivity contribution is 7.91. The fraction of sp³-hybridized carbons (Fsp3) is 0.348. The number of rotatable bonds is 5. The van der Waals surface area contributed by atoms with Crippen LogP contribution < -0.4 is 4.90 Å². The molecule has 29 heavy (non-hydrogen) atoms. The molecule has 0 radical (unpaired) electrons. The minimum absolute atomic E-state index is 0.0425. The number of aromatic nitrogens is 1. The van der Waals surface area contributed by atoms with Gasteiger partial charge in [-0.2, -0.15) is 0 Å². The largest absolute Gasteiger partial charge is 0.367 e. The number of likely N-dealkylation sites (N-methyl/N-ethyl adjacent to an activating group) is 1. The van der Waals surface area contributed by atoms with Crippen LogP contribution in [0.5, 0.6) is 0 Å². The van der Waals surface area contributed by atoms with Crippen molar-refractivity contribution in [3.8, 4) is 0 Å². The zero-order valence-electron chi connectivity index (χ0n) is 17.1. The third kappa shape index (κ3) is 3.81. The first-order valence-corrected chi connectivity index (χ1v) is 11.7. The van der Waals surface area contributed by atoms with Gasteiger partial charge in [0.1, 0.15) is 0 Å². The van der Waals surface area contributed by atoms with Crippen molar-refractivity contribution in [2.75, 3.05) is 30.0 Å². The highest BCUT2D eigenvalue weighted by Gasteiger charge is 2.31. The monoisotopic (exact) mass is 410 g/mol. The molecule has 6 heteroatoms. The number of carbonyl (C=O) groups is 1. The lowest BCUT2D eigenvalue weighted by Crippen LogP contribution is -2.26. The molecule has 152 valence electrons. The van der Waals surface area contributed by atoms with Crippen LogP contribution in [0.4, 0.5) is 5.69 Å². The van der Waals surface area contributed by atoms with Crippen LogP contribution in [-0.2, 0) is 9.84 Å². The first-order chi connectivity index (χ1) is 13.7. The van der Waals surface area contributed by atoms with Gasteiger partial charge < -0.3 is 9.47 Å². The molecule has 0 N–H and O–H groups in total. The first kappa shape index (κ1) is 19.7. The van der Waals surface area contributed by atoms with Gasteiger partial charge in [-0.25, -0.2) is 8.42 Å². The van der Waals surface area contributed by atoms with Crippen LogP contribution in [0.3, 0.4) is 0 Å². The lowest BCUT2D eigenvalue weighted by atomic mass is 10.1. The molecule has 1 aliphatic heterocycles. The number of Topliss-reactive ketones (excluding diaryl/α,β-unsaturated/α-hetero) is 1. The average molecular weight is 411 g/mol. The van der Waals surface area contributed by atoms with Crippen molar-refractivity contribution in [1.29, 1.82) is 0 Å². The number of hydrogen-bond acceptors (Lipinski definition) is 4. The molecule has 0 amide bonds. The van der Waals surface area contributed by atoms with Crippen molar-refractivity contribution < 1.29 is 13.2 Å². The molecular formula is C23H26N2O3S. The van der Waals surface area contributed by atoms with Gasteiger partial charge in [0, 0.05) is 35.7 Å². The fourth-order valence-corrected chi connectivity index (χ4v) is 6.11. The maximum atomic E-state index is 13.0. The summed E-state index contributed by atoms with van der Waals surface area (Å²) in [6.07, 6.45) is 0.614. The zero-order chi connectivity index (χ0) is 20.8. The highest BCUT2D eigenvalue weighted by Crippen LogP contribution is 2.29. The molecule has 1 unspecified atom stereocenters. The summed E-state index contributed by atoms with van der Waals surface area (Å²) in [6, 6.07) is 16.2. The van der Waals surface area contributed by atoms with E-state index in [4.69, 9.17) is 0 Å². The van der Waals surface area contributed by atoms with E-state index in [9.17, 15) is 13.2 Å². The van der Waals surface area contributed by atoms with E-state index < -0.39 is 9.84 Å². The molecule has 1 aromatic heterocycles. The Balaban J connectivity index is 1.56. The number of carbonyl (C=O) groups excluding carboxylic acids is 1. The van der Waals surface area contributed by atoms with Crippen LogP contribution in [0.2, 0.25) is 0 Å². The molecule has 2 aromatic carbocycles. The second-order valence-electron chi connectivity index (χ2n) is 8.02. The molecule has 0 spiro atoms. The van der Waals surface area contributed by atoms with Crippen LogP contribution in [-0.4, -0.2) is 43.9 Å². The van der Waals surface area contributed by atoms with Crippen molar-refractivity contribution in [1.82, 2.24) is 4.57 Å². The Morgan fingerprint density at radius 2 is 1.83 bits per heavy atom. The molecule has 0 saturated carbocycles. The van der Waals surface area contributed by atoms with Crippen molar-refractivity contribution in [2.24, 2.45) is 0 Å². The Bertz CT molecular complexity index is 1190. The Morgan fingerprint density at radius 3 is 2.52 bits per heavy atom. The van der Waals surface area contributed by atoms with E-state index in [1.807, 2.05) is 54.6 Å². The quantitative estimate of drug-likeness (QED) is 0.598. The topological polar surface area (TPSA) is 59.4 Å². The molecular weight excluding hydrogens is 384 g/mol. The minimum Gasteiger partial charge on any atom is -0.367 e. The number of benzene rings is 2. The van der Waals surface area contributed by atoms with Crippen molar-refractivity contribution in [3.05, 3.63) is 65.5 Å². The van der Waals surface area contributed by atoms with Crippen LogP contribution in [0, 0.1) is 13.8 Å². The highest BCUT2D eigenvalue weighted by atomic mass is 32.2. The number of hydrogen-bond donors (Lipinski definition) is 0. The summed E-state index contributed by atoms with van der Waals surface area (Å²) in [5.41, 5.74) is 3.48. The second-order valence-corrected chi connectivity index (χ2v) is 10.3. The van der Waals surface area contributed by atoms with E-state index in [0.29, 0.717) is 12.0 Å². The standard InChI is InChI=1S/C23H26N2O3S/c1-16-12-22(17(2)25(16)21-10-11-29(27,28)15-21)23(26)14-24(3)20-9-8-18-6-4-5-7-19(18)13-20/h4-9,12-13,21H,10-11,14-15H2,1-3H3. The van der Waals surface area contributed by atoms with Crippen molar-refractivity contribution >= 4 is 32.1 Å². The van der Waals surface area contributed by atoms with Gasteiger partial charge in [-0.15, -0.1) is 0 Å². The van der Waals surface area contributed by atoms with E-state index in [2.05, 4.69) is 24.3 Å². The second kappa shape index (κ2) is 7.34. The number of nitrogens with zero attached hydrogens (tertiary/aromatic N) is 2. The Kier molecular flexibility index (Phi) is 4.99. The van der Waals surface area contributed by atoms with Crippen molar-refractivity contribution in [3.63, 3.8) is 0 Å². The predicted molar refractivity (Wildman–Crippen MR) is 118 cm³/mol. The predicted octanol–water partition coefficient (Wildman–Crippen LogP) is 3.94. The lowest BCUT2D eigenvalue weighted by Gasteiger charge is -2.19. The number of sulfone groups is 1. The lowest BCUT2D eigenvalue weighted by molar-refractivity contribution is 0.0999. The van der Waals surface area contributed by atoms with Crippen molar-refractivity contribution in [2.45, 2.75) is 26.3 Å². The van der Waals surface area contributed by atoms with E-state index >= 15 is 0 Å². The van der Waals surface area contributed by atoms with E-state index in [1.165, 1.54) is 5.39 Å². The Labute approximate surface area is 171 Å². The van der Waals surface area contributed by atoms with Gasteiger partial charge in [-0.05, 0) is 49.2 Å². The molecule has 1 fully saturated rings. The van der Waals surface area contributed by atoms with Gasteiger partial charge in [-0.1, -0.05) is 30.3 Å². The number of ketones is 1. The molecule has 1 aliphatic rings. The maximum absolute atomic E-state index is 13.0. The third-order valence-corrected chi connectivity index (χ3v) is 7.66. The Hall–Kier alpha value is -2.60. The summed E-state index contributed by atoms with van der Waals surface area (Å²) >= 11 is 0. The normalized spacial score (nSPS) is 18.2. The molecule has 2 heterocycles. The molecule has 4 rings (SSSR count).